The van der Waals surface area contributed by atoms with Crippen molar-refractivity contribution >= 4 is 17.2 Å². The van der Waals surface area contributed by atoms with Crippen molar-refractivity contribution in [2.75, 3.05) is 11.9 Å². The van der Waals surface area contributed by atoms with Crippen molar-refractivity contribution in [1.82, 2.24) is 35.2 Å². The van der Waals surface area contributed by atoms with Gasteiger partial charge in [-0.1, -0.05) is 43.3 Å². The number of fused-ring (bicyclic) bond motifs is 1. The SMILES string of the molecule is CCc1cc(N(C)c2ccc(-c3ccccc3-c3nnn[nH]3)cc2)n2nc(C)c(C)c2n1. The highest BCUT2D eigenvalue weighted by Crippen LogP contribution is 2.32. The van der Waals surface area contributed by atoms with E-state index < -0.39 is 0 Å². The van der Waals surface area contributed by atoms with Crippen LogP contribution in [0.3, 0.4) is 0 Å². The molecule has 0 bridgehead atoms. The van der Waals surface area contributed by atoms with Crippen LogP contribution in [0.15, 0.2) is 54.6 Å². The van der Waals surface area contributed by atoms with E-state index >= 15 is 0 Å². The number of benzene rings is 2. The molecule has 5 rings (SSSR count). The maximum absolute atomic E-state index is 4.79. The second-order valence-corrected chi connectivity index (χ2v) is 7.81. The van der Waals surface area contributed by atoms with Crippen LogP contribution < -0.4 is 4.90 Å². The third kappa shape index (κ3) is 3.30. The lowest BCUT2D eigenvalue weighted by atomic mass is 9.99. The highest BCUT2D eigenvalue weighted by atomic mass is 15.5. The van der Waals surface area contributed by atoms with Crippen molar-refractivity contribution < 1.29 is 0 Å². The molecule has 8 nitrogen and oxygen atoms in total. The molecule has 0 atom stereocenters. The Kier molecular flexibility index (Phi) is 4.89. The Morgan fingerprint density at radius 3 is 2.44 bits per heavy atom. The van der Waals surface area contributed by atoms with Gasteiger partial charge in [-0.05, 0) is 54.0 Å². The highest BCUT2D eigenvalue weighted by molar-refractivity contribution is 5.81. The number of anilines is 2. The zero-order valence-corrected chi connectivity index (χ0v) is 18.5. The summed E-state index contributed by atoms with van der Waals surface area (Å²) in [5, 5.41) is 19.1. The second kappa shape index (κ2) is 7.88. The lowest BCUT2D eigenvalue weighted by molar-refractivity contribution is 0.877. The normalized spacial score (nSPS) is 11.2. The average Bonchev–Trinajstić information content (AvgIpc) is 3.47. The summed E-state index contributed by atoms with van der Waals surface area (Å²) in [4.78, 5) is 6.94. The predicted octanol–water partition coefficient (Wildman–Crippen LogP) is 4.52. The molecule has 5 aromatic rings. The van der Waals surface area contributed by atoms with E-state index in [1.807, 2.05) is 29.6 Å². The number of aromatic nitrogens is 7. The smallest absolute Gasteiger partial charge is 0.180 e. The van der Waals surface area contributed by atoms with Crippen LogP contribution in [0.1, 0.15) is 23.9 Å². The molecular formula is C24H24N8. The summed E-state index contributed by atoms with van der Waals surface area (Å²) in [6.45, 7) is 6.22. The summed E-state index contributed by atoms with van der Waals surface area (Å²) in [6, 6.07) is 18.7. The molecule has 32 heavy (non-hydrogen) atoms. The van der Waals surface area contributed by atoms with Gasteiger partial charge in [0.2, 0.25) is 0 Å². The number of aryl methyl sites for hydroxylation is 3. The number of H-pyrrole nitrogens is 1. The average molecular weight is 425 g/mol. The summed E-state index contributed by atoms with van der Waals surface area (Å²) in [7, 11) is 2.06. The molecule has 0 aliphatic carbocycles. The first-order valence-corrected chi connectivity index (χ1v) is 10.6. The summed E-state index contributed by atoms with van der Waals surface area (Å²) >= 11 is 0. The van der Waals surface area contributed by atoms with Crippen LogP contribution in [0.2, 0.25) is 0 Å². The fourth-order valence-electron chi connectivity index (χ4n) is 3.89. The van der Waals surface area contributed by atoms with Crippen LogP contribution in [0.5, 0.6) is 0 Å². The van der Waals surface area contributed by atoms with Gasteiger partial charge in [-0.15, -0.1) is 5.10 Å². The molecule has 0 aliphatic heterocycles. The monoisotopic (exact) mass is 424 g/mol. The lowest BCUT2D eigenvalue weighted by Crippen LogP contribution is -2.15. The number of tetrazole rings is 1. The first-order chi connectivity index (χ1) is 15.6. The van der Waals surface area contributed by atoms with E-state index in [4.69, 9.17) is 10.1 Å². The molecule has 2 aromatic carbocycles. The predicted molar refractivity (Wildman–Crippen MR) is 125 cm³/mol. The second-order valence-electron chi connectivity index (χ2n) is 7.81. The Morgan fingerprint density at radius 2 is 1.75 bits per heavy atom. The standard InChI is InChI=1S/C24H24N8/c1-5-18-14-22(32-24(25-18)15(2)16(3)28-32)31(4)19-12-10-17(11-13-19)20-8-6-7-9-21(20)23-26-29-30-27-23/h6-14H,5H2,1-4H3,(H,26,27,29,30). The fraction of sp³-hybridized carbons (Fsp3) is 0.208. The summed E-state index contributed by atoms with van der Waals surface area (Å²) < 4.78 is 1.93. The summed E-state index contributed by atoms with van der Waals surface area (Å²) in [5.74, 6) is 1.64. The van der Waals surface area contributed by atoms with Crippen molar-refractivity contribution in [2.24, 2.45) is 0 Å². The third-order valence-electron chi connectivity index (χ3n) is 5.89. The van der Waals surface area contributed by atoms with Crippen LogP contribution in [-0.2, 0) is 6.42 Å². The van der Waals surface area contributed by atoms with E-state index in [-0.39, 0.29) is 0 Å². The van der Waals surface area contributed by atoms with Crippen molar-refractivity contribution in [3.05, 3.63) is 71.5 Å². The first kappa shape index (κ1) is 19.9. The lowest BCUT2D eigenvalue weighted by Gasteiger charge is -2.21. The minimum atomic E-state index is 0.650. The Bertz CT molecular complexity index is 1380. The Morgan fingerprint density at radius 1 is 1.00 bits per heavy atom. The van der Waals surface area contributed by atoms with Gasteiger partial charge in [0.1, 0.15) is 5.82 Å². The minimum Gasteiger partial charge on any atom is -0.329 e. The maximum Gasteiger partial charge on any atom is 0.180 e. The molecular weight excluding hydrogens is 400 g/mol. The molecule has 0 saturated carbocycles. The van der Waals surface area contributed by atoms with Gasteiger partial charge in [0.15, 0.2) is 11.5 Å². The van der Waals surface area contributed by atoms with Crippen LogP contribution in [0, 0.1) is 13.8 Å². The Balaban J connectivity index is 1.54. The van der Waals surface area contributed by atoms with Crippen LogP contribution in [-0.4, -0.2) is 42.3 Å². The van der Waals surface area contributed by atoms with Gasteiger partial charge in [0.05, 0.1) is 5.69 Å². The molecule has 0 saturated heterocycles. The maximum atomic E-state index is 4.79. The van der Waals surface area contributed by atoms with Crippen LogP contribution in [0.4, 0.5) is 11.5 Å². The van der Waals surface area contributed by atoms with Gasteiger partial charge in [0, 0.05) is 35.6 Å². The number of nitrogens with zero attached hydrogens (tertiary/aromatic N) is 7. The van der Waals surface area contributed by atoms with Gasteiger partial charge < -0.3 is 4.90 Å². The molecule has 0 unspecified atom stereocenters. The fourth-order valence-corrected chi connectivity index (χ4v) is 3.89. The van der Waals surface area contributed by atoms with Crippen molar-refractivity contribution in [3.8, 4) is 22.5 Å². The zero-order chi connectivity index (χ0) is 22.2. The number of hydrogen-bond acceptors (Lipinski definition) is 6. The van der Waals surface area contributed by atoms with Crippen LogP contribution in [0.25, 0.3) is 28.2 Å². The molecule has 160 valence electrons. The van der Waals surface area contributed by atoms with Gasteiger partial charge in [0.25, 0.3) is 0 Å². The Labute approximate surface area is 185 Å². The highest BCUT2D eigenvalue weighted by Gasteiger charge is 2.16. The van der Waals surface area contributed by atoms with E-state index in [1.54, 1.807) is 0 Å². The molecule has 1 N–H and O–H groups in total. The first-order valence-electron chi connectivity index (χ1n) is 10.6. The molecule has 0 spiro atoms. The minimum absolute atomic E-state index is 0.650. The van der Waals surface area contributed by atoms with E-state index in [2.05, 4.69) is 82.8 Å². The van der Waals surface area contributed by atoms with E-state index in [9.17, 15) is 0 Å². The third-order valence-corrected chi connectivity index (χ3v) is 5.89. The largest absolute Gasteiger partial charge is 0.329 e. The molecule has 0 radical (unpaired) electrons. The van der Waals surface area contributed by atoms with E-state index in [0.717, 1.165) is 57.2 Å². The number of aromatic amines is 1. The van der Waals surface area contributed by atoms with Gasteiger partial charge in [-0.3, -0.25) is 0 Å². The van der Waals surface area contributed by atoms with Crippen molar-refractivity contribution in [1.29, 1.82) is 0 Å². The van der Waals surface area contributed by atoms with Gasteiger partial charge in [-0.2, -0.15) is 9.61 Å². The molecule has 3 aromatic heterocycles. The van der Waals surface area contributed by atoms with E-state index in [0.29, 0.717) is 5.82 Å². The van der Waals surface area contributed by atoms with Gasteiger partial charge in [-0.25, -0.2) is 10.1 Å². The zero-order valence-electron chi connectivity index (χ0n) is 18.5. The van der Waals surface area contributed by atoms with Crippen molar-refractivity contribution in [2.45, 2.75) is 27.2 Å². The summed E-state index contributed by atoms with van der Waals surface area (Å²) in [5.41, 5.74) is 8.26. The summed E-state index contributed by atoms with van der Waals surface area (Å²) in [6.07, 6.45) is 0.868. The van der Waals surface area contributed by atoms with Crippen LogP contribution >= 0.6 is 0 Å². The Hall–Kier alpha value is -4.07. The topological polar surface area (TPSA) is 87.9 Å². The molecule has 3 heterocycles. The van der Waals surface area contributed by atoms with E-state index in [1.165, 1.54) is 0 Å². The molecule has 0 fully saturated rings. The molecule has 0 aliphatic rings. The number of hydrogen-bond donors (Lipinski definition) is 1. The quantitative estimate of drug-likeness (QED) is 0.446. The molecule has 0 amide bonds. The number of rotatable bonds is 5. The van der Waals surface area contributed by atoms with Gasteiger partial charge >= 0.3 is 0 Å². The number of nitrogens with one attached hydrogen (secondary N) is 1. The molecule has 8 heteroatoms. The van der Waals surface area contributed by atoms with Crippen molar-refractivity contribution in [3.63, 3.8) is 0 Å².